The number of piperidine rings is 1. The van der Waals surface area contributed by atoms with Crippen molar-refractivity contribution < 1.29 is 38.2 Å². The molecule has 514 valence electrons. The molecule has 2 aliphatic carbocycles. The number of benzene rings is 4. The normalized spacial score (nSPS) is 16.2. The van der Waals surface area contributed by atoms with Crippen LogP contribution in [-0.4, -0.2) is 147 Å². The Morgan fingerprint density at radius 1 is 0.535 bits per heavy atom. The van der Waals surface area contributed by atoms with Crippen LogP contribution in [0.3, 0.4) is 0 Å². The largest absolute Gasteiger partial charge is 0.497 e. The van der Waals surface area contributed by atoms with Crippen molar-refractivity contribution in [1.29, 1.82) is 0 Å². The van der Waals surface area contributed by atoms with Crippen LogP contribution in [0, 0.1) is 0 Å². The second kappa shape index (κ2) is 31.4. The van der Waals surface area contributed by atoms with Crippen molar-refractivity contribution in [1.82, 2.24) is 44.6 Å². The number of aromatic nitrogens is 6. The molecule has 25 nitrogen and oxygen atoms in total. The minimum absolute atomic E-state index is 0.0160. The molecule has 0 unspecified atom stereocenters. The van der Waals surface area contributed by atoms with Crippen LogP contribution >= 0.6 is 0 Å². The quantitative estimate of drug-likeness (QED) is 0.0487. The highest BCUT2D eigenvalue weighted by Gasteiger charge is 2.40. The van der Waals surface area contributed by atoms with Crippen molar-refractivity contribution in [3.05, 3.63) is 175 Å². The van der Waals surface area contributed by atoms with Gasteiger partial charge in [0.05, 0.1) is 50.9 Å². The van der Waals surface area contributed by atoms with Crippen molar-refractivity contribution in [2.75, 3.05) is 95.9 Å². The van der Waals surface area contributed by atoms with Crippen molar-refractivity contribution in [3.63, 3.8) is 0 Å². The molecule has 13 rings (SSSR count). The third-order valence-electron chi connectivity index (χ3n) is 18.7. The topological polar surface area (TPSA) is 269 Å². The van der Waals surface area contributed by atoms with Crippen LogP contribution in [0.2, 0.25) is 0 Å². The van der Waals surface area contributed by atoms with E-state index in [1.165, 1.54) is 48.0 Å². The van der Waals surface area contributed by atoms with Gasteiger partial charge in [0.15, 0.2) is 11.6 Å². The van der Waals surface area contributed by atoms with Gasteiger partial charge in [0, 0.05) is 111 Å². The van der Waals surface area contributed by atoms with Gasteiger partial charge in [0.25, 0.3) is 0 Å². The number of likely N-dealkylation sites (tertiary alicyclic amines) is 1. The van der Waals surface area contributed by atoms with E-state index < -0.39 is 0 Å². The first-order chi connectivity index (χ1) is 48.0. The Morgan fingerprint density at radius 3 is 1.53 bits per heavy atom. The Labute approximate surface area is 577 Å². The molecule has 0 atom stereocenters. The molecule has 1 saturated heterocycles. The van der Waals surface area contributed by atoms with E-state index in [0.717, 1.165) is 97.4 Å². The number of nitrogens with one attached hydrogen (secondary N) is 4. The molecule has 7 aromatic rings. The van der Waals surface area contributed by atoms with E-state index in [2.05, 4.69) is 89.9 Å². The number of hydrogen-bond donors (Lipinski definition) is 4. The molecule has 25 heteroatoms. The summed E-state index contributed by atoms with van der Waals surface area (Å²) in [5, 5.41) is 12.4. The Hall–Kier alpha value is -11.1. The van der Waals surface area contributed by atoms with Gasteiger partial charge in [-0.15, -0.1) is 0 Å². The van der Waals surface area contributed by atoms with E-state index in [9.17, 15) is 28.8 Å². The first-order valence-electron chi connectivity index (χ1n) is 33.5. The lowest BCUT2D eigenvalue weighted by Crippen LogP contribution is -2.50. The third-order valence-corrected chi connectivity index (χ3v) is 18.7. The molecule has 4 N–H and O–H groups in total. The molecule has 6 aliphatic rings. The fourth-order valence-corrected chi connectivity index (χ4v) is 12.9. The maximum Gasteiger partial charge on any atom is 0.330 e. The summed E-state index contributed by atoms with van der Waals surface area (Å²) < 4.78 is 10.8. The van der Waals surface area contributed by atoms with Crippen LogP contribution in [0.25, 0.3) is 0 Å². The van der Waals surface area contributed by atoms with Gasteiger partial charge in [0.2, 0.25) is 23.8 Å². The number of amides is 7. The second-order valence-electron chi connectivity index (χ2n) is 25.2. The average Bonchev–Trinajstić information content (AvgIpc) is 1.74. The second-order valence-corrected chi connectivity index (χ2v) is 25.2. The number of carbonyl (C=O) groups is 6. The van der Waals surface area contributed by atoms with E-state index in [1.54, 1.807) is 92.9 Å². The number of urea groups is 3. The first kappa shape index (κ1) is 69.3. The summed E-state index contributed by atoms with van der Waals surface area (Å²) in [7, 11) is 8.33. The van der Waals surface area contributed by atoms with Gasteiger partial charge in [-0.1, -0.05) is 88.4 Å². The summed E-state index contributed by atoms with van der Waals surface area (Å²) in [5.74, 6) is 4.08. The number of hydrogen-bond acceptors (Lipinski definition) is 18. The molecule has 3 fully saturated rings. The Balaban J connectivity index is 0.000000155. The van der Waals surface area contributed by atoms with Crippen LogP contribution < -0.4 is 50.3 Å². The van der Waals surface area contributed by atoms with E-state index in [1.807, 2.05) is 58.3 Å². The maximum absolute atomic E-state index is 13.4. The van der Waals surface area contributed by atoms with Crippen LogP contribution in [0.15, 0.2) is 141 Å². The van der Waals surface area contributed by atoms with Gasteiger partial charge in [-0.05, 0) is 123 Å². The zero-order valence-electron chi connectivity index (χ0n) is 57.0. The molecule has 99 heavy (non-hydrogen) atoms. The summed E-state index contributed by atoms with van der Waals surface area (Å²) in [5.41, 5.74) is 9.03. The number of carbonyl (C=O) groups excluding carboxylic acids is 6. The standard InChI is InChI=1S/C32H38N6O4.C22H26N6O2.C20H21N5O2/c1-6-26(39)15-23-14-22(21-10-12-37(7-2)13-11-21)8-9-29(23)34-31-33-19-24-20-38(32(40)36(3)30(24)35-31)25-16-27(41-4)18-28(17-25)42-5;1-3-19(29)24-17-11-7-8-12-18(17)25-21-23-13-15-14-28(16-9-5-4-6-10-16)22(30)27(2)20(15)26-21;1-3-16(26)10-13-6-4-5-7-17(13)22-19-21-11-14-12-25(15-8-9-15)20(27)24(2)18(14)23-19/h6,8-9,14,16-19,21H,1,7,10-13,15,20H2,2-5H3,(H,33,34,35);3,7-8,11-13,16H,1,4-6,9-10,14H2,2H3,(H,24,29)(H,23,25,26);3-7,11,15H,1,8-10,12H2,2H3,(H,21,22,23). The van der Waals surface area contributed by atoms with Crippen molar-refractivity contribution in [2.24, 2.45) is 0 Å². The lowest BCUT2D eigenvalue weighted by Gasteiger charge is -2.40. The molecule has 0 spiro atoms. The van der Waals surface area contributed by atoms with E-state index in [4.69, 9.17) is 14.5 Å². The number of rotatable bonds is 21. The molecule has 7 heterocycles. The molecule has 0 bridgehead atoms. The van der Waals surface area contributed by atoms with E-state index >= 15 is 0 Å². The number of para-hydroxylation sites is 3. The van der Waals surface area contributed by atoms with Crippen LogP contribution in [0.5, 0.6) is 11.5 Å². The van der Waals surface area contributed by atoms with Gasteiger partial charge in [-0.25, -0.2) is 29.3 Å². The number of ketones is 2. The molecule has 4 aromatic carbocycles. The molecule has 4 aliphatic heterocycles. The third kappa shape index (κ3) is 16.3. The summed E-state index contributed by atoms with van der Waals surface area (Å²) in [6, 6.07) is 26.7. The number of nitrogens with zero attached hydrogens (tertiary/aromatic N) is 13. The fraction of sp³-hybridized carbons (Fsp3) is 0.351. The molecular formula is C74H85N17O8. The lowest BCUT2D eigenvalue weighted by molar-refractivity contribution is -0.114. The first-order valence-corrected chi connectivity index (χ1v) is 33.5. The summed E-state index contributed by atoms with van der Waals surface area (Å²) >= 11 is 0. The van der Waals surface area contributed by atoms with Gasteiger partial charge >= 0.3 is 18.1 Å². The predicted octanol–water partition coefficient (Wildman–Crippen LogP) is 12.4. The minimum Gasteiger partial charge on any atom is -0.497 e. The molecule has 0 radical (unpaired) electrons. The fourth-order valence-electron chi connectivity index (χ4n) is 12.9. The average molecular weight is 1340 g/mol. The Morgan fingerprint density at radius 2 is 1.01 bits per heavy atom. The summed E-state index contributed by atoms with van der Waals surface area (Å²) in [6.07, 6.45) is 19.7. The van der Waals surface area contributed by atoms with Gasteiger partial charge in [-0.2, -0.15) is 15.0 Å². The van der Waals surface area contributed by atoms with Gasteiger partial charge in [-0.3, -0.25) is 34.0 Å². The van der Waals surface area contributed by atoms with Crippen LogP contribution in [0.4, 0.5) is 78.1 Å². The Kier molecular flexibility index (Phi) is 22.0. The highest BCUT2D eigenvalue weighted by atomic mass is 16.5. The van der Waals surface area contributed by atoms with E-state index in [-0.39, 0.29) is 48.4 Å². The SMILES string of the molecule is C=CC(=O)Cc1cc(C2CCN(CC)CC2)ccc1Nc1ncc2c(n1)N(C)C(=O)N(c1cc(OC)cc(OC)c1)C2.C=CC(=O)Cc1ccccc1Nc1ncc2c(n1)N(C)C(=O)N(C1CC1)C2.C=CC(=O)Nc1ccccc1Nc1ncc2c(n1)N(C)C(=O)N(C1CCCCC1)C2. The smallest absolute Gasteiger partial charge is 0.330 e. The summed E-state index contributed by atoms with van der Waals surface area (Å²) in [4.78, 5) is 115. The number of allylic oxidation sites excluding steroid dienone is 2. The number of methoxy groups -OCH3 is 2. The van der Waals surface area contributed by atoms with Gasteiger partial charge < -0.3 is 45.4 Å². The van der Waals surface area contributed by atoms with Crippen molar-refractivity contribution >= 4 is 99.3 Å². The van der Waals surface area contributed by atoms with E-state index in [0.29, 0.717) is 101 Å². The maximum atomic E-state index is 13.4. The van der Waals surface area contributed by atoms with Gasteiger partial charge in [0.1, 0.15) is 29.0 Å². The zero-order valence-corrected chi connectivity index (χ0v) is 57.0. The highest BCUT2D eigenvalue weighted by Crippen LogP contribution is 2.39. The molecule has 7 amide bonds. The molecule has 3 aromatic heterocycles. The summed E-state index contributed by atoms with van der Waals surface area (Å²) in [6.45, 7) is 17.5. The molecule has 2 saturated carbocycles. The zero-order chi connectivity index (χ0) is 69.9. The van der Waals surface area contributed by atoms with Crippen LogP contribution in [0.1, 0.15) is 104 Å². The lowest BCUT2D eigenvalue weighted by atomic mass is 9.87. The number of fused-ring (bicyclic) bond motifs is 3. The monoisotopic (exact) mass is 1340 g/mol. The minimum atomic E-state index is -0.302. The number of ether oxygens (including phenoxy) is 2. The van der Waals surface area contributed by atoms with Crippen molar-refractivity contribution in [3.8, 4) is 11.5 Å². The Bertz CT molecular complexity index is 4180. The van der Waals surface area contributed by atoms with Crippen LogP contribution in [-0.2, 0) is 46.9 Å². The number of anilines is 11. The highest BCUT2D eigenvalue weighted by molar-refractivity contribution is 6.05. The predicted molar refractivity (Wildman–Crippen MR) is 384 cm³/mol. The van der Waals surface area contributed by atoms with Crippen molar-refractivity contribution in [2.45, 2.75) is 115 Å². The molecular weight excluding hydrogens is 1250 g/mol.